The maximum atomic E-state index is 12.6. The van der Waals surface area contributed by atoms with Crippen molar-refractivity contribution in [2.75, 3.05) is 7.11 Å². The van der Waals surface area contributed by atoms with Crippen LogP contribution in [-0.4, -0.2) is 54.3 Å². The third kappa shape index (κ3) is 6.21. The number of carbonyl (C=O) groups excluding carboxylic acids is 5. The molecular weight excluding hydrogens is 548 g/mol. The summed E-state index contributed by atoms with van der Waals surface area (Å²) in [6, 6.07) is 0. The van der Waals surface area contributed by atoms with E-state index in [4.69, 9.17) is 28.4 Å². The second kappa shape index (κ2) is 11.0. The van der Waals surface area contributed by atoms with Crippen LogP contribution in [-0.2, 0) is 57.1 Å². The van der Waals surface area contributed by atoms with Gasteiger partial charge in [0.1, 0.15) is 5.57 Å². The van der Waals surface area contributed by atoms with Crippen molar-refractivity contribution in [3.63, 3.8) is 0 Å². The minimum Gasteiger partial charge on any atom is -0.574 e. The molecule has 14 heteroatoms. The van der Waals surface area contributed by atoms with Gasteiger partial charge in [-0.1, -0.05) is 18.2 Å². The zero-order chi connectivity index (χ0) is 30.0. The number of methoxy groups -OCH3 is 1. The Bertz CT molecular complexity index is 1300. The highest BCUT2D eigenvalue weighted by atomic mass is 16.8. The van der Waals surface area contributed by atoms with E-state index in [-0.39, 0.29) is 44.1 Å². The van der Waals surface area contributed by atoms with Gasteiger partial charge in [-0.25, -0.2) is 19.2 Å². The molecule has 1 saturated carbocycles. The lowest BCUT2D eigenvalue weighted by Gasteiger charge is -2.50. The maximum absolute atomic E-state index is 12.6. The predicted molar refractivity (Wildman–Crippen MR) is 126 cm³/mol. The van der Waals surface area contributed by atoms with Crippen LogP contribution < -0.4 is 10.2 Å². The number of cyclic esters (lactones) is 1. The van der Waals surface area contributed by atoms with E-state index >= 15 is 0 Å². The maximum Gasteiger partial charge on any atom is 0.348 e. The summed E-state index contributed by atoms with van der Waals surface area (Å²) in [6.07, 6.45) is 5.68. The van der Waals surface area contributed by atoms with Gasteiger partial charge < -0.3 is 43.4 Å². The molecule has 4 aliphatic rings. The third-order valence-corrected chi connectivity index (χ3v) is 6.76. The summed E-state index contributed by atoms with van der Waals surface area (Å²) < 4.78 is 36.2. The Morgan fingerprint density at radius 3 is 1.95 bits per heavy atom. The zero-order valence-electron chi connectivity index (χ0n) is 22.3. The highest BCUT2D eigenvalue weighted by Gasteiger charge is 2.53. The molecule has 3 aliphatic heterocycles. The smallest absolute Gasteiger partial charge is 0.348 e. The fourth-order valence-electron chi connectivity index (χ4n) is 4.35. The first-order valence-electron chi connectivity index (χ1n) is 12.5. The van der Waals surface area contributed by atoms with Crippen LogP contribution in [0.4, 0.5) is 0 Å². The number of hydrogen-bond acceptors (Lipinski definition) is 14. The van der Waals surface area contributed by atoms with Crippen LogP contribution in [0, 0.1) is 0 Å². The highest BCUT2D eigenvalue weighted by Crippen LogP contribution is 2.45. The molecule has 220 valence electrons. The molecule has 14 nitrogen and oxygen atoms in total. The average Bonchev–Trinajstić information content (AvgIpc) is 2.90. The van der Waals surface area contributed by atoms with Crippen LogP contribution in [0.25, 0.3) is 0 Å². The van der Waals surface area contributed by atoms with Gasteiger partial charge in [-0.15, -0.1) is 0 Å². The molecule has 2 fully saturated rings. The quantitative estimate of drug-likeness (QED) is 0.136. The summed E-state index contributed by atoms with van der Waals surface area (Å²) in [4.78, 5) is 60.7. The van der Waals surface area contributed by atoms with Gasteiger partial charge in [0, 0.05) is 32.1 Å². The fourth-order valence-corrected chi connectivity index (χ4v) is 4.35. The lowest BCUT2D eigenvalue weighted by Crippen LogP contribution is -2.55. The van der Waals surface area contributed by atoms with Crippen molar-refractivity contribution in [2.45, 2.75) is 69.7 Å². The molecule has 0 aromatic rings. The van der Waals surface area contributed by atoms with Gasteiger partial charge in [0.05, 0.1) is 36.6 Å². The summed E-state index contributed by atoms with van der Waals surface area (Å²) in [7, 11) is 1.20. The van der Waals surface area contributed by atoms with Gasteiger partial charge in [-0.05, 0) is 26.0 Å². The highest BCUT2D eigenvalue weighted by molar-refractivity contribution is 6.15. The number of carbonyl (C=O) groups is 5. The van der Waals surface area contributed by atoms with Crippen molar-refractivity contribution in [1.29, 1.82) is 0 Å². The van der Waals surface area contributed by atoms with Crippen LogP contribution >= 0.6 is 0 Å². The zero-order valence-corrected chi connectivity index (χ0v) is 22.3. The molecule has 0 aromatic carbocycles. The van der Waals surface area contributed by atoms with Crippen LogP contribution in [0.5, 0.6) is 0 Å². The molecule has 4 rings (SSSR count). The first-order chi connectivity index (χ1) is 19.3. The number of rotatable bonds is 6. The monoisotopic (exact) mass is 574 g/mol. The van der Waals surface area contributed by atoms with Crippen molar-refractivity contribution in [1.82, 2.24) is 0 Å². The van der Waals surface area contributed by atoms with E-state index in [0.717, 1.165) is 12.2 Å². The Kier molecular flexibility index (Phi) is 7.86. The number of esters is 5. The first-order valence-corrected chi connectivity index (χ1v) is 12.5. The van der Waals surface area contributed by atoms with E-state index in [0.29, 0.717) is 0 Å². The minimum atomic E-state index is -1.62. The number of hydrogen-bond donors (Lipinski definition) is 0. The van der Waals surface area contributed by atoms with Crippen molar-refractivity contribution in [3.8, 4) is 0 Å². The molecule has 0 aromatic heterocycles. The first kappa shape index (κ1) is 29.2. The second-order valence-electron chi connectivity index (χ2n) is 9.73. The van der Waals surface area contributed by atoms with E-state index < -0.39 is 70.2 Å². The summed E-state index contributed by atoms with van der Waals surface area (Å²) in [5.74, 6) is -10.7. The molecule has 2 spiro atoms. The van der Waals surface area contributed by atoms with Crippen LogP contribution in [0.3, 0.4) is 0 Å². The van der Waals surface area contributed by atoms with Gasteiger partial charge in [0.2, 0.25) is 0 Å². The molecule has 0 radical (unpaired) electrons. The van der Waals surface area contributed by atoms with Crippen molar-refractivity contribution in [2.24, 2.45) is 0 Å². The van der Waals surface area contributed by atoms with Gasteiger partial charge in [-0.2, -0.15) is 0 Å². The standard InChI is InChI=1S/C27H28O14/c1-15-19(29)38-26(39-20(15)30)11-13-27(14-12-26)40-23(33)17(24(34)41-27)8-6-4-5-7-16-21(31)36-25(2,37-22(16)32)10-9-18(28)35-3/h4-8,29,31H,9-14H2,1-3H3/p-2/b6-4+,7-5+,17-8?. The SMILES string of the molecule is COC(=O)CCC1(C)OC(=O)C(/C=C/C=C/C=C2C(=O)OC3(CCC4(CC3)OC(=O)C(C)=C([O-])O4)OC2=O)=C([O-])O1. The minimum absolute atomic E-state index is 0.0454. The molecular formula is C27H26O14-2. The average molecular weight is 574 g/mol. The molecule has 0 bridgehead atoms. The summed E-state index contributed by atoms with van der Waals surface area (Å²) >= 11 is 0. The lowest BCUT2D eigenvalue weighted by molar-refractivity contribution is -0.407. The van der Waals surface area contributed by atoms with Crippen LogP contribution in [0.2, 0.25) is 0 Å². The molecule has 1 aliphatic carbocycles. The van der Waals surface area contributed by atoms with Gasteiger partial charge in [-0.3, -0.25) is 4.79 Å². The van der Waals surface area contributed by atoms with E-state index in [2.05, 4.69) is 4.74 Å². The van der Waals surface area contributed by atoms with Crippen molar-refractivity contribution < 1.29 is 67.3 Å². The Balaban J connectivity index is 1.34. The molecule has 1 saturated heterocycles. The van der Waals surface area contributed by atoms with Crippen molar-refractivity contribution >= 4 is 29.8 Å². The Morgan fingerprint density at radius 1 is 0.805 bits per heavy atom. The third-order valence-electron chi connectivity index (χ3n) is 6.76. The van der Waals surface area contributed by atoms with E-state index in [9.17, 15) is 34.2 Å². The molecule has 1 unspecified atom stereocenters. The summed E-state index contributed by atoms with van der Waals surface area (Å²) in [5.41, 5.74) is -1.00. The van der Waals surface area contributed by atoms with E-state index in [1.54, 1.807) is 0 Å². The van der Waals surface area contributed by atoms with Crippen molar-refractivity contribution in [3.05, 3.63) is 59.0 Å². The Hall–Kier alpha value is -4.75. The Morgan fingerprint density at radius 2 is 1.39 bits per heavy atom. The second-order valence-corrected chi connectivity index (χ2v) is 9.73. The Labute approximate surface area is 233 Å². The number of allylic oxidation sites excluding steroid dienone is 4. The normalized spacial score (nSPS) is 30.2. The molecule has 0 amide bonds. The summed E-state index contributed by atoms with van der Waals surface area (Å²) in [5, 5.41) is 24.2. The fraction of sp³-hybridized carbons (Fsp3) is 0.444. The molecule has 1 atom stereocenters. The van der Waals surface area contributed by atoms with E-state index in [1.165, 1.54) is 39.2 Å². The topological polar surface area (TPSA) is 196 Å². The van der Waals surface area contributed by atoms with Gasteiger partial charge >= 0.3 is 29.8 Å². The lowest BCUT2D eigenvalue weighted by atomic mass is 9.87. The molecule has 41 heavy (non-hydrogen) atoms. The predicted octanol–water partition coefficient (Wildman–Crippen LogP) is 0.0717. The summed E-state index contributed by atoms with van der Waals surface area (Å²) in [6.45, 7) is 2.63. The van der Waals surface area contributed by atoms with Gasteiger partial charge in [0.25, 0.3) is 5.79 Å². The molecule has 0 N–H and O–H groups in total. The van der Waals surface area contributed by atoms with Crippen LogP contribution in [0.1, 0.15) is 52.4 Å². The van der Waals surface area contributed by atoms with E-state index in [1.807, 2.05) is 0 Å². The molecule has 3 heterocycles. The van der Waals surface area contributed by atoms with Gasteiger partial charge in [0.15, 0.2) is 11.6 Å². The number of ether oxygens (including phenoxy) is 7. The van der Waals surface area contributed by atoms with Crippen LogP contribution in [0.15, 0.2) is 59.0 Å². The largest absolute Gasteiger partial charge is 0.574 e.